The third-order valence-electron chi connectivity index (χ3n) is 4.94. The number of hydrogen-bond acceptors (Lipinski definition) is 3. The van der Waals surface area contributed by atoms with Gasteiger partial charge in [-0.05, 0) is 50.9 Å². The summed E-state index contributed by atoms with van der Waals surface area (Å²) in [4.78, 5) is 5.28. The van der Waals surface area contributed by atoms with Crippen LogP contribution in [-0.2, 0) is 0 Å². The molecule has 3 heteroatoms. The van der Waals surface area contributed by atoms with Crippen LogP contribution in [0.3, 0.4) is 0 Å². The van der Waals surface area contributed by atoms with Crippen LogP contribution in [0, 0.1) is 0 Å². The van der Waals surface area contributed by atoms with Crippen LogP contribution in [-0.4, -0.2) is 36.6 Å². The van der Waals surface area contributed by atoms with Crippen LogP contribution in [0.15, 0.2) is 24.3 Å². The summed E-state index contributed by atoms with van der Waals surface area (Å²) >= 11 is 0. The molecule has 1 aromatic rings. The van der Waals surface area contributed by atoms with E-state index in [0.29, 0.717) is 6.04 Å². The smallest absolute Gasteiger partial charge is 0.0389 e. The molecule has 2 unspecified atom stereocenters. The number of piperazine rings is 1. The van der Waals surface area contributed by atoms with E-state index in [9.17, 15) is 0 Å². The van der Waals surface area contributed by atoms with Crippen LogP contribution >= 0.6 is 0 Å². The summed E-state index contributed by atoms with van der Waals surface area (Å²) in [5.41, 5.74) is 8.51. The summed E-state index contributed by atoms with van der Waals surface area (Å²) in [6.45, 7) is 8.08. The summed E-state index contributed by atoms with van der Waals surface area (Å²) < 4.78 is 0. The molecular weight excluding hydrogens is 246 g/mol. The minimum atomic E-state index is 0.122. The van der Waals surface area contributed by atoms with Crippen molar-refractivity contribution in [2.75, 3.05) is 24.5 Å². The van der Waals surface area contributed by atoms with E-state index in [1.165, 1.54) is 50.1 Å². The molecule has 0 saturated carbocycles. The van der Waals surface area contributed by atoms with Crippen molar-refractivity contribution in [3.63, 3.8) is 0 Å². The van der Waals surface area contributed by atoms with Gasteiger partial charge in [0.05, 0.1) is 0 Å². The summed E-state index contributed by atoms with van der Waals surface area (Å²) in [5, 5.41) is 0. The van der Waals surface area contributed by atoms with E-state index in [0.717, 1.165) is 6.04 Å². The molecule has 0 amide bonds. The Morgan fingerprint density at radius 2 is 1.90 bits per heavy atom. The normalized spacial score (nSPS) is 29.1. The number of piperidine rings is 1. The topological polar surface area (TPSA) is 32.5 Å². The first kappa shape index (κ1) is 13.9. The van der Waals surface area contributed by atoms with Crippen molar-refractivity contribution in [2.24, 2.45) is 5.73 Å². The van der Waals surface area contributed by atoms with Gasteiger partial charge in [-0.15, -0.1) is 0 Å². The molecule has 0 aliphatic carbocycles. The summed E-state index contributed by atoms with van der Waals surface area (Å²) in [6.07, 6.45) is 4.14. The van der Waals surface area contributed by atoms with E-state index in [1.807, 2.05) is 6.92 Å². The van der Waals surface area contributed by atoms with Gasteiger partial charge >= 0.3 is 0 Å². The van der Waals surface area contributed by atoms with Crippen LogP contribution < -0.4 is 10.6 Å². The number of anilines is 1. The quantitative estimate of drug-likeness (QED) is 0.899. The highest BCUT2D eigenvalue weighted by molar-refractivity contribution is 5.49. The fourth-order valence-corrected chi connectivity index (χ4v) is 3.68. The maximum absolute atomic E-state index is 5.94. The number of fused-ring (bicyclic) bond motifs is 1. The highest BCUT2D eigenvalue weighted by Crippen LogP contribution is 2.28. The van der Waals surface area contributed by atoms with Gasteiger partial charge in [0, 0.05) is 36.9 Å². The lowest BCUT2D eigenvalue weighted by atomic mass is 9.96. The number of hydrogen-bond donors (Lipinski definition) is 1. The Bertz CT molecular complexity index is 440. The second-order valence-electron chi connectivity index (χ2n) is 6.53. The molecule has 2 N–H and O–H groups in total. The molecular formula is C17H27N3. The van der Waals surface area contributed by atoms with Crippen molar-refractivity contribution < 1.29 is 0 Å². The lowest BCUT2D eigenvalue weighted by Gasteiger charge is -2.48. The lowest BCUT2D eigenvalue weighted by molar-refractivity contribution is 0.115. The fraction of sp³-hybridized carbons (Fsp3) is 0.647. The fourth-order valence-electron chi connectivity index (χ4n) is 3.68. The van der Waals surface area contributed by atoms with E-state index in [4.69, 9.17) is 5.73 Å². The zero-order valence-electron chi connectivity index (χ0n) is 12.8. The van der Waals surface area contributed by atoms with E-state index >= 15 is 0 Å². The van der Waals surface area contributed by atoms with Crippen molar-refractivity contribution in [1.82, 2.24) is 4.90 Å². The predicted molar refractivity (Wildman–Crippen MR) is 85.1 cm³/mol. The van der Waals surface area contributed by atoms with Gasteiger partial charge in [0.25, 0.3) is 0 Å². The van der Waals surface area contributed by atoms with Crippen molar-refractivity contribution in [3.8, 4) is 0 Å². The molecule has 3 rings (SSSR count). The van der Waals surface area contributed by atoms with E-state index in [-0.39, 0.29) is 6.04 Å². The molecule has 2 fully saturated rings. The molecule has 0 spiro atoms. The van der Waals surface area contributed by atoms with E-state index < -0.39 is 0 Å². The molecule has 2 heterocycles. The van der Waals surface area contributed by atoms with Crippen LogP contribution in [0.1, 0.15) is 44.7 Å². The Balaban J connectivity index is 1.75. The van der Waals surface area contributed by atoms with Gasteiger partial charge in [-0.3, -0.25) is 4.90 Å². The van der Waals surface area contributed by atoms with Gasteiger partial charge in [-0.1, -0.05) is 18.6 Å². The molecule has 2 saturated heterocycles. The average molecular weight is 273 g/mol. The molecule has 3 atom stereocenters. The average Bonchev–Trinajstić information content (AvgIpc) is 2.46. The third kappa shape index (κ3) is 2.70. The molecule has 0 bridgehead atoms. The largest absolute Gasteiger partial charge is 0.366 e. The monoisotopic (exact) mass is 273 g/mol. The van der Waals surface area contributed by atoms with Crippen molar-refractivity contribution in [1.29, 1.82) is 0 Å². The Kier molecular flexibility index (Phi) is 3.99. The number of nitrogens with zero attached hydrogens (tertiary/aromatic N) is 2. The maximum atomic E-state index is 5.94. The molecule has 0 aromatic heterocycles. The molecule has 3 nitrogen and oxygen atoms in total. The van der Waals surface area contributed by atoms with E-state index in [1.54, 1.807) is 0 Å². The Hall–Kier alpha value is -1.06. The van der Waals surface area contributed by atoms with Crippen LogP contribution in [0.2, 0.25) is 0 Å². The highest BCUT2D eigenvalue weighted by atomic mass is 15.3. The molecule has 2 aliphatic rings. The van der Waals surface area contributed by atoms with Gasteiger partial charge in [-0.2, -0.15) is 0 Å². The van der Waals surface area contributed by atoms with Crippen molar-refractivity contribution in [2.45, 2.75) is 51.2 Å². The minimum absolute atomic E-state index is 0.122. The maximum Gasteiger partial charge on any atom is 0.0389 e. The molecule has 0 radical (unpaired) electrons. The van der Waals surface area contributed by atoms with Gasteiger partial charge in [0.15, 0.2) is 0 Å². The van der Waals surface area contributed by atoms with Gasteiger partial charge < -0.3 is 10.6 Å². The predicted octanol–water partition coefficient (Wildman–Crippen LogP) is 2.77. The standard InChI is InChI=1S/C17H27N3/c1-13-11-19-10-4-3-5-17(19)12-20(13)16-8-6-15(7-9-16)14(2)18/h6-9,13-14,17H,3-5,10-12,18H2,1-2H3/t13?,14-,17?/m1/s1. The van der Waals surface area contributed by atoms with Crippen LogP contribution in [0.4, 0.5) is 5.69 Å². The summed E-state index contributed by atoms with van der Waals surface area (Å²) in [6, 6.07) is 10.3. The van der Waals surface area contributed by atoms with Crippen LogP contribution in [0.5, 0.6) is 0 Å². The second-order valence-corrected chi connectivity index (χ2v) is 6.53. The van der Waals surface area contributed by atoms with Gasteiger partial charge in [0.2, 0.25) is 0 Å². The Morgan fingerprint density at radius 1 is 1.15 bits per heavy atom. The van der Waals surface area contributed by atoms with Crippen molar-refractivity contribution >= 4 is 5.69 Å². The SMILES string of the molecule is CC1CN2CCCCC2CN1c1ccc([C@@H](C)N)cc1. The summed E-state index contributed by atoms with van der Waals surface area (Å²) in [7, 11) is 0. The molecule has 1 aromatic carbocycles. The molecule has 20 heavy (non-hydrogen) atoms. The second kappa shape index (κ2) is 5.74. The van der Waals surface area contributed by atoms with Gasteiger partial charge in [-0.25, -0.2) is 0 Å². The van der Waals surface area contributed by atoms with Crippen molar-refractivity contribution in [3.05, 3.63) is 29.8 Å². The summed E-state index contributed by atoms with van der Waals surface area (Å²) in [5.74, 6) is 0. The molecule has 110 valence electrons. The number of rotatable bonds is 2. The minimum Gasteiger partial charge on any atom is -0.366 e. The number of nitrogens with two attached hydrogens (primary N) is 1. The third-order valence-corrected chi connectivity index (χ3v) is 4.94. The Morgan fingerprint density at radius 3 is 2.60 bits per heavy atom. The zero-order chi connectivity index (χ0) is 14.1. The number of benzene rings is 1. The highest BCUT2D eigenvalue weighted by Gasteiger charge is 2.32. The first-order valence-corrected chi connectivity index (χ1v) is 8.01. The van der Waals surface area contributed by atoms with Gasteiger partial charge in [0.1, 0.15) is 0 Å². The lowest BCUT2D eigenvalue weighted by Crippen LogP contribution is -2.58. The Labute approximate surface area is 122 Å². The molecule has 2 aliphatic heterocycles. The van der Waals surface area contributed by atoms with E-state index in [2.05, 4.69) is 41.0 Å². The first-order chi connectivity index (χ1) is 9.65. The van der Waals surface area contributed by atoms with Crippen LogP contribution in [0.25, 0.3) is 0 Å². The first-order valence-electron chi connectivity index (χ1n) is 8.01. The zero-order valence-corrected chi connectivity index (χ0v) is 12.8.